The van der Waals surface area contributed by atoms with Crippen LogP contribution in [0, 0.1) is 13.8 Å². The molecule has 162 valence electrons. The minimum atomic E-state index is -3.12. The highest BCUT2D eigenvalue weighted by atomic mass is 32.2. The molecule has 1 amide bonds. The number of sulfone groups is 1. The van der Waals surface area contributed by atoms with E-state index >= 15 is 0 Å². The van der Waals surface area contributed by atoms with Crippen LogP contribution in [0.5, 0.6) is 0 Å². The van der Waals surface area contributed by atoms with E-state index in [1.807, 2.05) is 47.3 Å². The third kappa shape index (κ3) is 6.65. The van der Waals surface area contributed by atoms with Gasteiger partial charge in [-0.05, 0) is 42.7 Å². The van der Waals surface area contributed by atoms with Crippen LogP contribution in [-0.2, 0) is 21.2 Å². The Hall–Kier alpha value is -3.19. The monoisotopic (exact) mass is 437 g/mol. The van der Waals surface area contributed by atoms with Crippen molar-refractivity contribution < 1.29 is 13.2 Å². The van der Waals surface area contributed by atoms with E-state index in [-0.39, 0.29) is 18.2 Å². The van der Waals surface area contributed by atoms with Gasteiger partial charge in [0, 0.05) is 36.2 Å². The number of aryl methyl sites for hydroxylation is 2. The van der Waals surface area contributed by atoms with Crippen LogP contribution >= 0.6 is 0 Å². The number of nitrogens with zero attached hydrogens (tertiary/aromatic N) is 2. The number of carbonyl (C=O) groups excluding carboxylic acids is 1. The molecule has 0 radical (unpaired) electrons. The van der Waals surface area contributed by atoms with Crippen molar-refractivity contribution in [1.82, 2.24) is 15.1 Å². The fraction of sp³-hybridized carbons (Fsp3) is 0.250. The van der Waals surface area contributed by atoms with Gasteiger partial charge in [-0.15, -0.1) is 0 Å². The van der Waals surface area contributed by atoms with Crippen LogP contribution in [0.1, 0.15) is 22.3 Å². The van der Waals surface area contributed by atoms with Gasteiger partial charge in [-0.1, -0.05) is 42.5 Å². The van der Waals surface area contributed by atoms with Crippen LogP contribution < -0.4 is 5.32 Å². The summed E-state index contributed by atoms with van der Waals surface area (Å²) in [5, 5.41) is 7.37. The first-order valence-electron chi connectivity index (χ1n) is 10.0. The van der Waals surface area contributed by atoms with Gasteiger partial charge in [0.1, 0.15) is 9.84 Å². The van der Waals surface area contributed by atoms with Gasteiger partial charge in [0.15, 0.2) is 0 Å². The number of aromatic nitrogens is 2. The highest BCUT2D eigenvalue weighted by Crippen LogP contribution is 2.26. The summed E-state index contributed by atoms with van der Waals surface area (Å²) in [4.78, 5) is 12.1. The number of benzene rings is 2. The Kier molecular flexibility index (Phi) is 7.07. The van der Waals surface area contributed by atoms with E-state index in [9.17, 15) is 13.2 Å². The second-order valence-corrected chi connectivity index (χ2v) is 9.93. The second-order valence-electron chi connectivity index (χ2n) is 7.67. The zero-order chi connectivity index (χ0) is 22.4. The lowest BCUT2D eigenvalue weighted by Gasteiger charge is -2.04. The number of carbonyl (C=O) groups is 1. The summed E-state index contributed by atoms with van der Waals surface area (Å²) >= 11 is 0. The Morgan fingerprint density at radius 3 is 2.52 bits per heavy atom. The molecule has 0 bridgehead atoms. The molecule has 0 aliphatic rings. The molecule has 1 heterocycles. The van der Waals surface area contributed by atoms with Gasteiger partial charge in [-0.3, -0.25) is 9.48 Å². The minimum absolute atomic E-state index is 0.0826. The molecule has 0 aliphatic heterocycles. The molecular formula is C24H27N3O3S. The van der Waals surface area contributed by atoms with Gasteiger partial charge >= 0.3 is 0 Å². The molecule has 0 unspecified atom stereocenters. The molecule has 7 heteroatoms. The Morgan fingerprint density at radius 1 is 1.10 bits per heavy atom. The summed E-state index contributed by atoms with van der Waals surface area (Å²) in [6, 6.07) is 16.2. The smallest absolute Gasteiger partial charge is 0.244 e. The molecule has 0 aliphatic carbocycles. The lowest BCUT2D eigenvalue weighted by Crippen LogP contribution is -2.27. The third-order valence-electron chi connectivity index (χ3n) is 4.94. The molecule has 3 aromatic rings. The van der Waals surface area contributed by atoms with E-state index in [4.69, 9.17) is 5.10 Å². The van der Waals surface area contributed by atoms with Crippen LogP contribution in [0.4, 0.5) is 0 Å². The average molecular weight is 438 g/mol. The highest BCUT2D eigenvalue weighted by molar-refractivity contribution is 7.90. The van der Waals surface area contributed by atoms with Crippen molar-refractivity contribution in [2.75, 3.05) is 18.6 Å². The zero-order valence-electron chi connectivity index (χ0n) is 18.0. The zero-order valence-corrected chi connectivity index (χ0v) is 18.8. The topological polar surface area (TPSA) is 81.1 Å². The predicted octanol–water partition coefficient (Wildman–Crippen LogP) is 3.39. The summed E-state index contributed by atoms with van der Waals surface area (Å²) < 4.78 is 24.3. The Bertz CT molecular complexity index is 1200. The number of amides is 1. The molecular weight excluding hydrogens is 410 g/mol. The van der Waals surface area contributed by atoms with Crippen molar-refractivity contribution in [1.29, 1.82) is 0 Å². The molecule has 2 aromatic carbocycles. The predicted molar refractivity (Wildman–Crippen MR) is 124 cm³/mol. The van der Waals surface area contributed by atoms with Crippen molar-refractivity contribution in [2.24, 2.45) is 0 Å². The molecule has 0 saturated carbocycles. The maximum atomic E-state index is 12.1. The first-order valence-corrected chi connectivity index (χ1v) is 12.1. The second kappa shape index (κ2) is 9.75. The fourth-order valence-corrected chi connectivity index (χ4v) is 3.58. The number of nitrogens with one attached hydrogen (secondary N) is 1. The summed E-state index contributed by atoms with van der Waals surface area (Å²) in [5.74, 6) is -0.430. The van der Waals surface area contributed by atoms with Crippen molar-refractivity contribution in [3.8, 4) is 11.3 Å². The normalized spacial score (nSPS) is 11.7. The molecule has 0 atom stereocenters. The van der Waals surface area contributed by atoms with Gasteiger partial charge in [0.05, 0.1) is 18.0 Å². The first kappa shape index (κ1) is 22.5. The van der Waals surface area contributed by atoms with E-state index in [1.165, 1.54) is 17.2 Å². The summed E-state index contributed by atoms with van der Waals surface area (Å²) in [5.41, 5.74) is 6.09. The molecule has 1 aromatic heterocycles. The van der Waals surface area contributed by atoms with Gasteiger partial charge in [-0.25, -0.2) is 8.42 Å². The average Bonchev–Trinajstić information content (AvgIpc) is 3.11. The maximum Gasteiger partial charge on any atom is 0.244 e. The fourth-order valence-electron chi connectivity index (χ4n) is 3.11. The van der Waals surface area contributed by atoms with Crippen LogP contribution in [0.3, 0.4) is 0 Å². The Morgan fingerprint density at radius 2 is 1.84 bits per heavy atom. The van der Waals surface area contributed by atoms with Gasteiger partial charge in [0.25, 0.3) is 0 Å². The van der Waals surface area contributed by atoms with Crippen molar-refractivity contribution >= 4 is 21.8 Å². The van der Waals surface area contributed by atoms with Gasteiger partial charge in [-0.2, -0.15) is 5.10 Å². The standard InChI is InChI=1S/C24H27N3O3S/c1-18-9-10-21(15-19(18)2)24-22(11-12-23(28)25-13-14-31(3,29)30)17-27(26-24)16-20-7-5-4-6-8-20/h4-12,15,17H,13-14,16H2,1-3H3,(H,25,28)/b12-11+. The largest absolute Gasteiger partial charge is 0.352 e. The quantitative estimate of drug-likeness (QED) is 0.548. The van der Waals surface area contributed by atoms with Crippen LogP contribution in [0.25, 0.3) is 17.3 Å². The molecule has 6 nitrogen and oxygen atoms in total. The molecule has 3 rings (SSSR count). The van der Waals surface area contributed by atoms with Crippen LogP contribution in [-0.4, -0.2) is 42.7 Å². The van der Waals surface area contributed by atoms with Crippen molar-refractivity contribution in [3.63, 3.8) is 0 Å². The summed E-state index contributed by atoms with van der Waals surface area (Å²) in [6.45, 7) is 4.83. The van der Waals surface area contributed by atoms with Crippen LogP contribution in [0.15, 0.2) is 60.8 Å². The maximum absolute atomic E-state index is 12.1. The summed E-state index contributed by atoms with van der Waals surface area (Å²) in [6.07, 6.45) is 6.19. The van der Waals surface area contributed by atoms with E-state index in [2.05, 4.69) is 31.3 Å². The van der Waals surface area contributed by atoms with E-state index < -0.39 is 9.84 Å². The molecule has 1 N–H and O–H groups in total. The first-order chi connectivity index (χ1) is 14.7. The molecule has 0 saturated heterocycles. The lowest BCUT2D eigenvalue weighted by atomic mass is 10.0. The molecule has 31 heavy (non-hydrogen) atoms. The van der Waals surface area contributed by atoms with E-state index in [1.54, 1.807) is 6.08 Å². The number of hydrogen-bond donors (Lipinski definition) is 1. The van der Waals surface area contributed by atoms with E-state index in [0.717, 1.165) is 28.6 Å². The molecule has 0 spiro atoms. The van der Waals surface area contributed by atoms with Gasteiger partial charge < -0.3 is 5.32 Å². The number of rotatable bonds is 8. The lowest BCUT2D eigenvalue weighted by molar-refractivity contribution is -0.116. The van der Waals surface area contributed by atoms with Gasteiger partial charge in [0.2, 0.25) is 5.91 Å². The van der Waals surface area contributed by atoms with E-state index in [0.29, 0.717) is 6.54 Å². The molecule has 0 fully saturated rings. The Balaban J connectivity index is 1.85. The minimum Gasteiger partial charge on any atom is -0.352 e. The van der Waals surface area contributed by atoms with Crippen LogP contribution in [0.2, 0.25) is 0 Å². The highest BCUT2D eigenvalue weighted by Gasteiger charge is 2.11. The Labute approximate surface area is 183 Å². The van der Waals surface area contributed by atoms with Crippen molar-refractivity contribution in [3.05, 3.63) is 83.1 Å². The number of hydrogen-bond acceptors (Lipinski definition) is 4. The SMILES string of the molecule is Cc1ccc(-c2nn(Cc3ccccc3)cc2/C=C/C(=O)NCCS(C)(=O)=O)cc1C. The third-order valence-corrected chi connectivity index (χ3v) is 5.89. The van der Waals surface area contributed by atoms with Crippen molar-refractivity contribution in [2.45, 2.75) is 20.4 Å². The summed E-state index contributed by atoms with van der Waals surface area (Å²) in [7, 11) is -3.12.